The molecule has 0 saturated carbocycles. The van der Waals surface area contributed by atoms with Crippen LogP contribution in [-0.2, 0) is 0 Å². The number of nitrogens with zero attached hydrogens (tertiary/aromatic N) is 2. The summed E-state index contributed by atoms with van der Waals surface area (Å²) >= 11 is 5.48. The number of para-hydroxylation sites is 2. The highest BCUT2D eigenvalue weighted by Gasteiger charge is 2.22. The number of rotatable bonds is 5. The third-order valence-corrected chi connectivity index (χ3v) is 12.5. The molecule has 3 aromatic heterocycles. The van der Waals surface area contributed by atoms with Crippen LogP contribution in [0.3, 0.4) is 0 Å². The number of fused-ring (bicyclic) bond motifs is 7. The summed E-state index contributed by atoms with van der Waals surface area (Å²) in [6.45, 7) is 0. The highest BCUT2D eigenvalue weighted by molar-refractivity contribution is 7.26. The molecule has 0 saturated heterocycles. The first-order valence-electron chi connectivity index (χ1n) is 16.0. The van der Waals surface area contributed by atoms with Gasteiger partial charge in [-0.25, -0.2) is 4.98 Å². The third kappa shape index (κ3) is 4.47. The number of thiazole rings is 1. The molecule has 5 heteroatoms. The molecule has 0 radical (unpaired) electrons. The molecule has 0 fully saturated rings. The summed E-state index contributed by atoms with van der Waals surface area (Å²) in [6, 6.07) is 57.0. The summed E-state index contributed by atoms with van der Waals surface area (Å²) in [7, 11) is 0. The van der Waals surface area contributed by atoms with Crippen LogP contribution < -0.4 is 4.90 Å². The minimum Gasteiger partial charge on any atom is -0.286 e. The Labute approximate surface area is 289 Å². The molecule has 226 valence electrons. The van der Waals surface area contributed by atoms with Gasteiger partial charge in [0.25, 0.3) is 0 Å². The smallest absolute Gasteiger partial charge is 0.195 e. The van der Waals surface area contributed by atoms with Crippen molar-refractivity contribution in [1.82, 2.24) is 4.98 Å². The van der Waals surface area contributed by atoms with Crippen LogP contribution in [0.5, 0.6) is 0 Å². The van der Waals surface area contributed by atoms with E-state index in [0.29, 0.717) is 0 Å². The predicted octanol–water partition coefficient (Wildman–Crippen LogP) is 13.8. The van der Waals surface area contributed by atoms with Gasteiger partial charge >= 0.3 is 0 Å². The first-order chi connectivity index (χ1) is 23.8. The monoisotopic (exact) mass is 666 g/mol. The average Bonchev–Trinajstić information content (AvgIpc) is 3.85. The van der Waals surface area contributed by atoms with Gasteiger partial charge in [0.2, 0.25) is 0 Å². The number of thiophene rings is 2. The van der Waals surface area contributed by atoms with Crippen LogP contribution >= 0.6 is 34.0 Å². The molecule has 0 aliphatic carbocycles. The van der Waals surface area contributed by atoms with E-state index in [0.717, 1.165) is 27.6 Å². The van der Waals surface area contributed by atoms with Crippen LogP contribution in [0.2, 0.25) is 0 Å². The van der Waals surface area contributed by atoms with Gasteiger partial charge < -0.3 is 0 Å². The quantitative estimate of drug-likeness (QED) is 0.182. The van der Waals surface area contributed by atoms with Crippen molar-refractivity contribution in [2.24, 2.45) is 0 Å². The summed E-state index contributed by atoms with van der Waals surface area (Å²) in [5.74, 6) is 0. The first kappa shape index (κ1) is 27.8. The van der Waals surface area contributed by atoms with Gasteiger partial charge in [-0.3, -0.25) is 4.90 Å². The lowest BCUT2D eigenvalue weighted by Crippen LogP contribution is -2.09. The number of anilines is 3. The standard InChI is InChI=1S/C43H26N2S3/c1-3-11-29(12-4-1)45(30-13-5-2-6-14-30)43-44-41-31(27-19-23-39-35(25-27)33-15-7-9-17-37(33)46-39)21-22-32(42(41)48-43)28-20-24-40-36(26-28)34-16-8-10-18-38(34)47-40/h1-26H. The Morgan fingerprint density at radius 2 is 0.875 bits per heavy atom. The van der Waals surface area contributed by atoms with Crippen molar-refractivity contribution in [2.75, 3.05) is 4.90 Å². The van der Waals surface area contributed by atoms with Gasteiger partial charge in [-0.1, -0.05) is 108 Å². The summed E-state index contributed by atoms with van der Waals surface area (Å²) in [5, 5.41) is 6.17. The van der Waals surface area contributed by atoms with E-state index in [9.17, 15) is 0 Å². The predicted molar refractivity (Wildman–Crippen MR) is 211 cm³/mol. The minimum absolute atomic E-state index is 0.945. The lowest BCUT2D eigenvalue weighted by Gasteiger charge is -2.22. The van der Waals surface area contributed by atoms with E-state index in [1.54, 1.807) is 11.3 Å². The Hall–Kier alpha value is -5.33. The van der Waals surface area contributed by atoms with Crippen molar-refractivity contribution in [3.63, 3.8) is 0 Å². The SMILES string of the molecule is c1ccc(N(c2ccccc2)c2nc3c(-c4ccc5sc6ccccc6c5c4)ccc(-c4ccc5sc6ccccc6c5c4)c3s2)cc1. The van der Waals surface area contributed by atoms with E-state index in [2.05, 4.69) is 163 Å². The molecule has 0 bridgehead atoms. The fourth-order valence-electron chi connectivity index (χ4n) is 6.86. The second-order valence-electron chi connectivity index (χ2n) is 12.0. The van der Waals surface area contributed by atoms with E-state index < -0.39 is 0 Å². The zero-order valence-electron chi connectivity index (χ0n) is 25.6. The maximum Gasteiger partial charge on any atom is 0.195 e. The van der Waals surface area contributed by atoms with Gasteiger partial charge in [-0.15, -0.1) is 22.7 Å². The number of benzene rings is 7. The maximum atomic E-state index is 5.51. The number of hydrogen-bond acceptors (Lipinski definition) is 5. The van der Waals surface area contributed by atoms with E-state index >= 15 is 0 Å². The molecule has 0 atom stereocenters. The Balaban J connectivity index is 1.23. The van der Waals surface area contributed by atoms with Crippen molar-refractivity contribution >= 4 is 101 Å². The molecule has 3 heterocycles. The van der Waals surface area contributed by atoms with Gasteiger partial charge in [0.15, 0.2) is 5.13 Å². The third-order valence-electron chi connectivity index (χ3n) is 9.13. The van der Waals surface area contributed by atoms with Crippen molar-refractivity contribution in [3.05, 3.63) is 158 Å². The molecule has 0 amide bonds. The van der Waals surface area contributed by atoms with E-state index in [1.807, 2.05) is 22.7 Å². The van der Waals surface area contributed by atoms with Crippen LogP contribution in [0.15, 0.2) is 158 Å². The zero-order chi connectivity index (χ0) is 31.6. The van der Waals surface area contributed by atoms with Gasteiger partial charge in [-0.05, 0) is 71.8 Å². The number of aromatic nitrogens is 1. The van der Waals surface area contributed by atoms with E-state index in [-0.39, 0.29) is 0 Å². The van der Waals surface area contributed by atoms with Crippen LogP contribution in [0.1, 0.15) is 0 Å². The summed E-state index contributed by atoms with van der Waals surface area (Å²) < 4.78 is 6.45. The topological polar surface area (TPSA) is 16.1 Å². The molecule has 48 heavy (non-hydrogen) atoms. The normalized spacial score (nSPS) is 11.8. The largest absolute Gasteiger partial charge is 0.286 e. The van der Waals surface area contributed by atoms with Crippen LogP contribution in [-0.4, -0.2) is 4.98 Å². The highest BCUT2D eigenvalue weighted by atomic mass is 32.1. The van der Waals surface area contributed by atoms with Gasteiger partial charge in [-0.2, -0.15) is 0 Å². The lowest BCUT2D eigenvalue weighted by atomic mass is 9.97. The molecule has 0 N–H and O–H groups in total. The van der Waals surface area contributed by atoms with Crippen molar-refractivity contribution in [1.29, 1.82) is 0 Å². The highest BCUT2D eigenvalue weighted by Crippen LogP contribution is 2.47. The second kappa shape index (κ2) is 11.1. The molecule has 2 nitrogen and oxygen atoms in total. The maximum absolute atomic E-state index is 5.51. The minimum atomic E-state index is 0.945. The molecular formula is C43H26N2S3. The average molecular weight is 667 g/mol. The molecule has 0 aliphatic rings. The number of hydrogen-bond donors (Lipinski definition) is 0. The van der Waals surface area contributed by atoms with Crippen LogP contribution in [0.4, 0.5) is 16.5 Å². The molecular weight excluding hydrogens is 641 g/mol. The molecule has 0 aliphatic heterocycles. The Bertz CT molecular complexity index is 2600. The summed E-state index contributed by atoms with van der Waals surface area (Å²) in [5.41, 5.74) is 7.95. The summed E-state index contributed by atoms with van der Waals surface area (Å²) in [4.78, 5) is 7.79. The van der Waals surface area contributed by atoms with Gasteiger partial charge in [0.05, 0.1) is 10.2 Å². The van der Waals surface area contributed by atoms with Gasteiger partial charge in [0, 0.05) is 62.8 Å². The summed E-state index contributed by atoms with van der Waals surface area (Å²) in [6.07, 6.45) is 0. The van der Waals surface area contributed by atoms with Crippen molar-refractivity contribution < 1.29 is 0 Å². The molecule has 10 aromatic rings. The van der Waals surface area contributed by atoms with Gasteiger partial charge in [0.1, 0.15) is 0 Å². The fourth-order valence-corrected chi connectivity index (χ4v) is 10.2. The fraction of sp³-hybridized carbons (Fsp3) is 0. The van der Waals surface area contributed by atoms with Crippen molar-refractivity contribution in [3.8, 4) is 22.3 Å². The molecule has 0 spiro atoms. The lowest BCUT2D eigenvalue weighted by molar-refractivity contribution is 1.25. The molecule has 7 aromatic carbocycles. The van der Waals surface area contributed by atoms with Crippen LogP contribution in [0.25, 0.3) is 72.8 Å². The van der Waals surface area contributed by atoms with Crippen LogP contribution in [0, 0.1) is 0 Å². The first-order valence-corrected chi connectivity index (χ1v) is 18.4. The Kier molecular flexibility index (Phi) is 6.44. The van der Waals surface area contributed by atoms with Crippen molar-refractivity contribution in [2.45, 2.75) is 0 Å². The zero-order valence-corrected chi connectivity index (χ0v) is 28.1. The van der Waals surface area contributed by atoms with E-state index in [1.165, 1.54) is 61.7 Å². The van der Waals surface area contributed by atoms with E-state index in [4.69, 9.17) is 4.98 Å². The molecule has 0 unspecified atom stereocenters. The second-order valence-corrected chi connectivity index (χ2v) is 15.1. The Morgan fingerprint density at radius 3 is 1.46 bits per heavy atom. The molecule has 10 rings (SSSR count). The Morgan fingerprint density at radius 1 is 0.396 bits per heavy atom.